The Bertz CT molecular complexity index is 1170. The smallest absolute Gasteiger partial charge is 0.203 e. The Hall–Kier alpha value is -3.15. The Kier molecular flexibility index (Phi) is 13.6. The van der Waals surface area contributed by atoms with Crippen molar-refractivity contribution >= 4 is 17.3 Å². The van der Waals surface area contributed by atoms with Gasteiger partial charge in [-0.15, -0.1) is 0 Å². The van der Waals surface area contributed by atoms with Gasteiger partial charge in [-0.25, -0.2) is 0 Å². The number of carbonyl (C=O) groups is 3. The fourth-order valence-electron chi connectivity index (χ4n) is 6.25. The second-order valence-electron chi connectivity index (χ2n) is 11.2. The number of Topliss-reactive ketones (excluding diaryl/α,β-unsaturated/α-hetero) is 3. The molecule has 2 aromatic rings. The summed E-state index contributed by atoms with van der Waals surface area (Å²) in [5.41, 5.74) is 4.71. The largest absolute Gasteiger partial charge is 0.493 e. The maximum Gasteiger partial charge on any atom is 0.203 e. The highest BCUT2D eigenvalue weighted by atomic mass is 16.5. The van der Waals surface area contributed by atoms with Crippen molar-refractivity contribution in [1.29, 1.82) is 0 Å². The van der Waals surface area contributed by atoms with Crippen LogP contribution in [0.5, 0.6) is 17.2 Å². The number of hydrogen-bond donors (Lipinski definition) is 0. The van der Waals surface area contributed by atoms with E-state index in [-0.39, 0.29) is 41.5 Å². The number of methoxy groups -OCH3 is 3. The van der Waals surface area contributed by atoms with E-state index in [1.807, 2.05) is 32.0 Å². The van der Waals surface area contributed by atoms with Gasteiger partial charge in [-0.3, -0.25) is 14.4 Å². The first-order valence-corrected chi connectivity index (χ1v) is 15.1. The Balaban J connectivity index is 0.00000187. The first-order chi connectivity index (χ1) is 19.6. The van der Waals surface area contributed by atoms with Crippen LogP contribution in [0.25, 0.3) is 11.1 Å². The van der Waals surface area contributed by atoms with Gasteiger partial charge in [0.15, 0.2) is 17.3 Å². The lowest BCUT2D eigenvalue weighted by Crippen LogP contribution is -2.30. The van der Waals surface area contributed by atoms with Crippen molar-refractivity contribution in [2.45, 2.75) is 92.9 Å². The third-order valence-electron chi connectivity index (χ3n) is 7.88. The third kappa shape index (κ3) is 8.43. The number of fused-ring (bicyclic) bond motifs is 1. The van der Waals surface area contributed by atoms with Crippen LogP contribution in [0.4, 0.5) is 0 Å². The van der Waals surface area contributed by atoms with Crippen molar-refractivity contribution in [3.63, 3.8) is 0 Å². The molecule has 226 valence electrons. The van der Waals surface area contributed by atoms with Crippen LogP contribution in [-0.4, -0.2) is 38.7 Å². The first kappa shape index (κ1) is 34.1. The zero-order valence-electron chi connectivity index (χ0n) is 26.6. The van der Waals surface area contributed by atoms with Gasteiger partial charge in [0.25, 0.3) is 0 Å². The SMILES string of the molecule is CCC.CCCC(CC1CC(=O)c2c(C)ccc(-c3cc(OC)c(OC)c(OC)c3)c2C1)C(CC)C(=O)CC(C)=O. The van der Waals surface area contributed by atoms with Crippen LogP contribution in [0.15, 0.2) is 24.3 Å². The summed E-state index contributed by atoms with van der Waals surface area (Å²) >= 11 is 0. The van der Waals surface area contributed by atoms with E-state index in [9.17, 15) is 14.4 Å². The van der Waals surface area contributed by atoms with Crippen molar-refractivity contribution in [2.24, 2.45) is 17.8 Å². The molecule has 1 aliphatic carbocycles. The van der Waals surface area contributed by atoms with Crippen LogP contribution < -0.4 is 14.2 Å². The van der Waals surface area contributed by atoms with E-state index < -0.39 is 0 Å². The predicted molar refractivity (Wildman–Crippen MR) is 165 cm³/mol. The molecule has 0 bridgehead atoms. The monoisotopic (exact) mass is 566 g/mol. The molecule has 0 aromatic heterocycles. The number of aryl methyl sites for hydroxylation is 1. The van der Waals surface area contributed by atoms with E-state index >= 15 is 0 Å². The summed E-state index contributed by atoms with van der Waals surface area (Å²) < 4.78 is 16.7. The number of benzene rings is 2. The molecular weight excluding hydrogens is 516 g/mol. The Morgan fingerprint density at radius 2 is 1.56 bits per heavy atom. The van der Waals surface area contributed by atoms with E-state index in [4.69, 9.17) is 14.2 Å². The topological polar surface area (TPSA) is 78.9 Å². The number of hydrogen-bond acceptors (Lipinski definition) is 6. The maximum absolute atomic E-state index is 13.5. The predicted octanol–water partition coefficient (Wildman–Crippen LogP) is 8.23. The van der Waals surface area contributed by atoms with Gasteiger partial charge in [0, 0.05) is 17.9 Å². The standard InChI is InChI=1S/C32H42O6.C3H8/c1-8-10-22(24(9-2)27(34)13-20(4)33)14-21-15-26-25(12-11-19(3)31(26)28(35)16-21)23-17-29(36-5)32(38-7)30(18-23)37-6;1-3-2/h11-12,17-18,21-22,24H,8-10,13-16H2,1-7H3;3H2,1-2H3. The van der Waals surface area contributed by atoms with Crippen molar-refractivity contribution in [1.82, 2.24) is 0 Å². The molecule has 0 N–H and O–H groups in total. The summed E-state index contributed by atoms with van der Waals surface area (Å²) in [4.78, 5) is 38.1. The van der Waals surface area contributed by atoms with Crippen LogP contribution in [0, 0.1) is 24.7 Å². The van der Waals surface area contributed by atoms with Crippen LogP contribution in [0.3, 0.4) is 0 Å². The van der Waals surface area contributed by atoms with Crippen LogP contribution in [0.2, 0.25) is 0 Å². The summed E-state index contributed by atoms with van der Waals surface area (Å²) in [7, 11) is 4.77. The molecule has 41 heavy (non-hydrogen) atoms. The van der Waals surface area contributed by atoms with Crippen molar-refractivity contribution in [3.8, 4) is 28.4 Å². The summed E-state index contributed by atoms with van der Waals surface area (Å²) in [6.07, 6.45) is 5.86. The van der Waals surface area contributed by atoms with Gasteiger partial charge in [0.05, 0.1) is 27.8 Å². The molecule has 6 heteroatoms. The second kappa shape index (κ2) is 16.3. The van der Waals surface area contributed by atoms with Gasteiger partial charge < -0.3 is 14.2 Å². The molecular formula is C35H50O6. The molecule has 0 fully saturated rings. The fraction of sp³-hybridized carbons (Fsp3) is 0.571. The first-order valence-electron chi connectivity index (χ1n) is 15.1. The summed E-state index contributed by atoms with van der Waals surface area (Å²) in [5.74, 6) is 1.89. The van der Waals surface area contributed by atoms with Gasteiger partial charge in [-0.05, 0) is 79.3 Å². The average Bonchev–Trinajstić information content (AvgIpc) is 2.92. The molecule has 2 aromatic carbocycles. The summed E-state index contributed by atoms with van der Waals surface area (Å²) in [6.45, 7) is 11.9. The van der Waals surface area contributed by atoms with Gasteiger partial charge in [-0.2, -0.15) is 0 Å². The molecule has 0 aliphatic heterocycles. The molecule has 3 unspecified atom stereocenters. The number of ketones is 3. The van der Waals surface area contributed by atoms with Crippen LogP contribution in [0.1, 0.15) is 101 Å². The van der Waals surface area contributed by atoms with Gasteiger partial charge in [0.1, 0.15) is 11.6 Å². The average molecular weight is 567 g/mol. The zero-order chi connectivity index (χ0) is 30.7. The van der Waals surface area contributed by atoms with E-state index in [2.05, 4.69) is 26.8 Å². The quantitative estimate of drug-likeness (QED) is 0.227. The Morgan fingerprint density at radius 1 is 0.951 bits per heavy atom. The highest BCUT2D eigenvalue weighted by molar-refractivity contribution is 6.02. The Morgan fingerprint density at radius 3 is 2.05 bits per heavy atom. The van der Waals surface area contributed by atoms with E-state index in [1.54, 1.807) is 21.3 Å². The molecule has 3 atom stereocenters. The molecule has 6 nitrogen and oxygen atoms in total. The molecule has 0 radical (unpaired) electrons. The van der Waals surface area contributed by atoms with Crippen LogP contribution in [-0.2, 0) is 16.0 Å². The summed E-state index contributed by atoms with van der Waals surface area (Å²) in [6, 6.07) is 7.92. The van der Waals surface area contributed by atoms with Crippen LogP contribution >= 0.6 is 0 Å². The number of carbonyl (C=O) groups excluding carboxylic acids is 3. The minimum Gasteiger partial charge on any atom is -0.493 e. The van der Waals surface area contributed by atoms with Gasteiger partial charge >= 0.3 is 0 Å². The highest BCUT2D eigenvalue weighted by Crippen LogP contribution is 2.45. The third-order valence-corrected chi connectivity index (χ3v) is 7.88. The normalized spacial score (nSPS) is 15.6. The van der Waals surface area contributed by atoms with E-state index in [0.29, 0.717) is 30.1 Å². The van der Waals surface area contributed by atoms with Gasteiger partial charge in [-0.1, -0.05) is 59.1 Å². The lowest BCUT2D eigenvalue weighted by molar-refractivity contribution is -0.129. The van der Waals surface area contributed by atoms with Crippen molar-refractivity contribution in [3.05, 3.63) is 41.0 Å². The highest BCUT2D eigenvalue weighted by Gasteiger charge is 2.34. The molecule has 3 rings (SSSR count). The van der Waals surface area contributed by atoms with Crippen molar-refractivity contribution in [2.75, 3.05) is 21.3 Å². The second-order valence-corrected chi connectivity index (χ2v) is 11.2. The number of ether oxygens (including phenoxy) is 3. The van der Waals surface area contributed by atoms with Gasteiger partial charge in [0.2, 0.25) is 5.75 Å². The minimum absolute atomic E-state index is 0.00434. The molecule has 0 heterocycles. The fourth-order valence-corrected chi connectivity index (χ4v) is 6.25. The summed E-state index contributed by atoms with van der Waals surface area (Å²) in [5, 5.41) is 0. The lowest BCUT2D eigenvalue weighted by Gasteiger charge is -2.32. The molecule has 0 saturated carbocycles. The zero-order valence-corrected chi connectivity index (χ0v) is 26.6. The molecule has 0 amide bonds. The Labute approximate surface area is 247 Å². The number of rotatable bonds is 13. The molecule has 0 spiro atoms. The minimum atomic E-state index is -0.151. The van der Waals surface area contributed by atoms with E-state index in [1.165, 1.54) is 13.3 Å². The molecule has 0 saturated heterocycles. The maximum atomic E-state index is 13.5. The van der Waals surface area contributed by atoms with Crippen molar-refractivity contribution < 1.29 is 28.6 Å². The lowest BCUT2D eigenvalue weighted by atomic mass is 9.71. The van der Waals surface area contributed by atoms with E-state index in [0.717, 1.165) is 53.5 Å². The molecule has 1 aliphatic rings.